The Hall–Kier alpha value is -1.36. The van der Waals surface area contributed by atoms with Crippen molar-refractivity contribution in [3.05, 3.63) is 12.2 Å². The van der Waals surface area contributed by atoms with Gasteiger partial charge < -0.3 is 10.5 Å². The fourth-order valence-electron chi connectivity index (χ4n) is 2.14. The van der Waals surface area contributed by atoms with Crippen LogP contribution in [0.4, 0.5) is 0 Å². The number of ether oxygens (including phenoxy) is 1. The van der Waals surface area contributed by atoms with E-state index in [0.29, 0.717) is 25.7 Å². The van der Waals surface area contributed by atoms with Gasteiger partial charge in [-0.1, -0.05) is 6.08 Å². The summed E-state index contributed by atoms with van der Waals surface area (Å²) in [6.07, 6.45) is 5.03. The second-order valence-corrected chi connectivity index (χ2v) is 4.63. The van der Waals surface area contributed by atoms with Crippen molar-refractivity contribution >= 4 is 11.9 Å². The maximum atomic E-state index is 11.2. The molecule has 0 radical (unpaired) electrons. The number of carbonyl (C=O) groups is 2. The lowest BCUT2D eigenvalue weighted by Crippen LogP contribution is -2.45. The average molecular weight is 254 g/mol. The predicted octanol–water partition coefficient (Wildman–Crippen LogP) is 0.691. The predicted molar refractivity (Wildman–Crippen MR) is 68.7 cm³/mol. The first-order chi connectivity index (χ1) is 8.54. The van der Waals surface area contributed by atoms with Gasteiger partial charge in [0, 0.05) is 25.2 Å². The second-order valence-electron chi connectivity index (χ2n) is 4.63. The number of hydrogen-bond acceptors (Lipinski definition) is 4. The largest absolute Gasteiger partial charge is 0.463 e. The maximum absolute atomic E-state index is 11.2. The minimum absolute atomic E-state index is 0.0720. The third kappa shape index (κ3) is 4.49. The van der Waals surface area contributed by atoms with Gasteiger partial charge in [-0.25, -0.2) is 4.79 Å². The number of piperidine rings is 1. The average Bonchev–Trinajstić information content (AvgIpc) is 2.31. The van der Waals surface area contributed by atoms with E-state index in [1.807, 2.05) is 0 Å². The summed E-state index contributed by atoms with van der Waals surface area (Å²) in [6, 6.07) is 0.410. The van der Waals surface area contributed by atoms with Gasteiger partial charge in [0.05, 0.1) is 12.5 Å². The van der Waals surface area contributed by atoms with Crippen molar-refractivity contribution < 1.29 is 14.3 Å². The van der Waals surface area contributed by atoms with Gasteiger partial charge in [0.15, 0.2) is 0 Å². The highest BCUT2D eigenvalue weighted by molar-refractivity contribution is 5.81. The molecule has 1 aliphatic heterocycles. The second kappa shape index (κ2) is 7.16. The van der Waals surface area contributed by atoms with Crippen LogP contribution in [0, 0.1) is 5.92 Å². The number of carbonyl (C=O) groups excluding carboxylic acids is 2. The molecule has 1 amide bonds. The Morgan fingerprint density at radius 1 is 1.44 bits per heavy atom. The van der Waals surface area contributed by atoms with E-state index in [2.05, 4.69) is 11.8 Å². The zero-order valence-corrected chi connectivity index (χ0v) is 11.1. The lowest BCUT2D eigenvalue weighted by Gasteiger charge is -2.36. The summed E-state index contributed by atoms with van der Waals surface area (Å²) in [7, 11) is 0. The molecule has 1 fully saturated rings. The molecule has 102 valence electrons. The van der Waals surface area contributed by atoms with Gasteiger partial charge >= 0.3 is 5.97 Å². The Morgan fingerprint density at radius 2 is 2.17 bits per heavy atom. The lowest BCUT2D eigenvalue weighted by atomic mass is 9.93. The third-order valence-corrected chi connectivity index (χ3v) is 3.29. The number of hydrogen-bond donors (Lipinski definition) is 1. The number of nitrogens with two attached hydrogens (primary N) is 1. The molecule has 0 bridgehead atoms. The molecule has 1 saturated heterocycles. The van der Waals surface area contributed by atoms with E-state index < -0.39 is 0 Å². The van der Waals surface area contributed by atoms with E-state index in [0.717, 1.165) is 12.8 Å². The van der Waals surface area contributed by atoms with E-state index in [4.69, 9.17) is 10.5 Å². The minimum atomic E-state index is -0.325. The standard InChI is InChI=1S/C13H22N2O3/c1-3-18-12(16)5-4-8-15-9-11(13(14)17)7-6-10(15)2/h4-5,10-11H,3,6-9H2,1-2H3,(H2,14,17)/b5-4+. The van der Waals surface area contributed by atoms with E-state index in [-0.39, 0.29) is 17.8 Å². The quantitative estimate of drug-likeness (QED) is 0.579. The topological polar surface area (TPSA) is 72.6 Å². The van der Waals surface area contributed by atoms with Crippen LogP contribution in [0.2, 0.25) is 0 Å². The smallest absolute Gasteiger partial charge is 0.330 e. The van der Waals surface area contributed by atoms with Gasteiger partial charge in [0.25, 0.3) is 0 Å². The van der Waals surface area contributed by atoms with Crippen LogP contribution in [-0.4, -0.2) is 42.5 Å². The van der Waals surface area contributed by atoms with E-state index in [1.54, 1.807) is 13.0 Å². The number of nitrogens with zero attached hydrogens (tertiary/aromatic N) is 1. The normalized spacial score (nSPS) is 25.2. The molecule has 0 spiro atoms. The van der Waals surface area contributed by atoms with Crippen molar-refractivity contribution in [3.63, 3.8) is 0 Å². The number of likely N-dealkylation sites (tertiary alicyclic amines) is 1. The van der Waals surface area contributed by atoms with Gasteiger partial charge in [0.2, 0.25) is 5.91 Å². The first-order valence-electron chi connectivity index (χ1n) is 6.41. The summed E-state index contributed by atoms with van der Waals surface area (Å²) >= 11 is 0. The van der Waals surface area contributed by atoms with Crippen LogP contribution in [0.15, 0.2) is 12.2 Å². The molecule has 2 unspecified atom stereocenters. The first-order valence-corrected chi connectivity index (χ1v) is 6.41. The summed E-state index contributed by atoms with van der Waals surface area (Å²) in [5.74, 6) is -0.632. The molecular weight excluding hydrogens is 232 g/mol. The van der Waals surface area contributed by atoms with Crippen LogP contribution >= 0.6 is 0 Å². The molecule has 18 heavy (non-hydrogen) atoms. The molecule has 1 rings (SSSR count). The molecule has 2 atom stereocenters. The number of rotatable bonds is 5. The molecule has 5 heteroatoms. The van der Waals surface area contributed by atoms with Crippen LogP contribution < -0.4 is 5.73 Å². The van der Waals surface area contributed by atoms with Crippen LogP contribution in [0.5, 0.6) is 0 Å². The number of amides is 1. The molecule has 1 aliphatic rings. The Bertz CT molecular complexity index is 328. The van der Waals surface area contributed by atoms with Crippen LogP contribution in [0.3, 0.4) is 0 Å². The zero-order chi connectivity index (χ0) is 13.5. The van der Waals surface area contributed by atoms with Gasteiger partial charge in [-0.3, -0.25) is 9.69 Å². The summed E-state index contributed by atoms with van der Waals surface area (Å²) in [5.41, 5.74) is 5.33. The monoisotopic (exact) mass is 254 g/mol. The fourth-order valence-corrected chi connectivity index (χ4v) is 2.14. The first kappa shape index (κ1) is 14.7. The molecule has 0 aromatic rings. The highest BCUT2D eigenvalue weighted by atomic mass is 16.5. The molecule has 2 N–H and O–H groups in total. The molecule has 0 aromatic heterocycles. The highest BCUT2D eigenvalue weighted by Gasteiger charge is 2.27. The summed E-state index contributed by atoms with van der Waals surface area (Å²) in [4.78, 5) is 24.5. The Balaban J connectivity index is 2.44. The molecule has 1 heterocycles. The van der Waals surface area contributed by atoms with Crippen molar-refractivity contribution in [1.82, 2.24) is 4.90 Å². The van der Waals surface area contributed by atoms with Crippen LogP contribution in [0.1, 0.15) is 26.7 Å². The van der Waals surface area contributed by atoms with Crippen LogP contribution in [0.25, 0.3) is 0 Å². The molecular formula is C13H22N2O3. The zero-order valence-electron chi connectivity index (χ0n) is 11.1. The lowest BCUT2D eigenvalue weighted by molar-refractivity contribution is -0.137. The fraction of sp³-hybridized carbons (Fsp3) is 0.692. The van der Waals surface area contributed by atoms with E-state index >= 15 is 0 Å². The van der Waals surface area contributed by atoms with Crippen molar-refractivity contribution in [2.24, 2.45) is 11.7 Å². The van der Waals surface area contributed by atoms with E-state index in [9.17, 15) is 9.59 Å². The molecule has 0 saturated carbocycles. The Labute approximate surface area is 108 Å². The maximum Gasteiger partial charge on any atom is 0.330 e. The van der Waals surface area contributed by atoms with E-state index in [1.165, 1.54) is 6.08 Å². The Morgan fingerprint density at radius 3 is 2.78 bits per heavy atom. The summed E-state index contributed by atoms with van der Waals surface area (Å²) < 4.78 is 4.80. The van der Waals surface area contributed by atoms with Crippen molar-refractivity contribution in [2.45, 2.75) is 32.7 Å². The van der Waals surface area contributed by atoms with Gasteiger partial charge in [-0.15, -0.1) is 0 Å². The number of esters is 1. The van der Waals surface area contributed by atoms with Crippen molar-refractivity contribution in [1.29, 1.82) is 0 Å². The summed E-state index contributed by atoms with van der Waals surface area (Å²) in [6.45, 7) is 5.59. The minimum Gasteiger partial charge on any atom is -0.463 e. The van der Waals surface area contributed by atoms with Gasteiger partial charge in [-0.2, -0.15) is 0 Å². The summed E-state index contributed by atoms with van der Waals surface area (Å²) in [5, 5.41) is 0. The van der Waals surface area contributed by atoms with Gasteiger partial charge in [-0.05, 0) is 26.7 Å². The SMILES string of the molecule is CCOC(=O)/C=C/CN1CC(C(N)=O)CCC1C. The molecule has 5 nitrogen and oxygen atoms in total. The van der Waals surface area contributed by atoms with Crippen LogP contribution in [-0.2, 0) is 14.3 Å². The third-order valence-electron chi connectivity index (χ3n) is 3.29. The molecule has 0 aliphatic carbocycles. The molecule has 0 aromatic carbocycles. The van der Waals surface area contributed by atoms with Crippen molar-refractivity contribution in [3.8, 4) is 0 Å². The van der Waals surface area contributed by atoms with Gasteiger partial charge in [0.1, 0.15) is 0 Å². The highest BCUT2D eigenvalue weighted by Crippen LogP contribution is 2.21. The van der Waals surface area contributed by atoms with Crippen molar-refractivity contribution in [2.75, 3.05) is 19.7 Å². The number of primary amides is 1. The Kier molecular flexibility index (Phi) is 5.85.